The molecule has 29 heavy (non-hydrogen) atoms. The summed E-state index contributed by atoms with van der Waals surface area (Å²) in [6.07, 6.45) is 9.46. The molecule has 3 heterocycles. The van der Waals surface area contributed by atoms with E-state index >= 15 is 0 Å². The van der Waals surface area contributed by atoms with Crippen LogP contribution in [0.1, 0.15) is 65.3 Å². The minimum atomic E-state index is 0.122. The van der Waals surface area contributed by atoms with Gasteiger partial charge in [-0.3, -0.25) is 4.79 Å². The highest BCUT2D eigenvalue weighted by atomic mass is 16.2. The molecule has 5 nitrogen and oxygen atoms in total. The number of aromatic nitrogens is 3. The van der Waals surface area contributed by atoms with Crippen LogP contribution in [-0.2, 0) is 0 Å². The van der Waals surface area contributed by atoms with Crippen LogP contribution in [0.2, 0.25) is 0 Å². The van der Waals surface area contributed by atoms with Gasteiger partial charge in [0.05, 0.1) is 16.8 Å². The maximum Gasteiger partial charge on any atom is 0.254 e. The molecule has 1 amide bonds. The van der Waals surface area contributed by atoms with Crippen molar-refractivity contribution in [1.82, 2.24) is 19.9 Å². The first-order valence-electron chi connectivity index (χ1n) is 10.6. The molecule has 2 fully saturated rings. The van der Waals surface area contributed by atoms with Crippen molar-refractivity contribution in [3.8, 4) is 11.3 Å². The van der Waals surface area contributed by atoms with Crippen molar-refractivity contribution in [3.63, 3.8) is 0 Å². The lowest BCUT2D eigenvalue weighted by atomic mass is 9.96. The average molecular weight is 386 g/mol. The number of benzene rings is 1. The van der Waals surface area contributed by atoms with E-state index in [2.05, 4.69) is 29.0 Å². The Hall–Kier alpha value is -2.82. The van der Waals surface area contributed by atoms with E-state index in [0.717, 1.165) is 70.6 Å². The Morgan fingerprint density at radius 2 is 1.76 bits per heavy atom. The van der Waals surface area contributed by atoms with E-state index in [0.29, 0.717) is 5.92 Å². The third-order valence-electron chi connectivity index (χ3n) is 6.13. The second-order valence-corrected chi connectivity index (χ2v) is 8.44. The number of nitrogens with zero attached hydrogens (tertiary/aromatic N) is 4. The van der Waals surface area contributed by atoms with E-state index in [-0.39, 0.29) is 5.91 Å². The Morgan fingerprint density at radius 1 is 1.03 bits per heavy atom. The van der Waals surface area contributed by atoms with Gasteiger partial charge in [0.25, 0.3) is 5.91 Å². The summed E-state index contributed by atoms with van der Waals surface area (Å²) in [5, 5.41) is 0.942. The van der Waals surface area contributed by atoms with Crippen LogP contribution in [-0.4, -0.2) is 38.8 Å². The molecular formula is C24H26N4O. The SMILES string of the molecule is Cc1ccc2nc(-c3cnc(C4CC4)nc3)c(C)c(C(=O)N3CCCCC3)c2c1. The van der Waals surface area contributed by atoms with Gasteiger partial charge in [-0.15, -0.1) is 0 Å². The second kappa shape index (κ2) is 7.21. The summed E-state index contributed by atoms with van der Waals surface area (Å²) in [6, 6.07) is 6.15. The zero-order chi connectivity index (χ0) is 20.0. The van der Waals surface area contributed by atoms with Gasteiger partial charge in [-0.1, -0.05) is 11.6 Å². The molecule has 0 unspecified atom stereocenters. The van der Waals surface area contributed by atoms with Crippen LogP contribution < -0.4 is 0 Å². The maximum absolute atomic E-state index is 13.5. The third-order valence-corrected chi connectivity index (χ3v) is 6.13. The van der Waals surface area contributed by atoms with Crippen LogP contribution in [0, 0.1) is 13.8 Å². The molecule has 1 saturated carbocycles. The second-order valence-electron chi connectivity index (χ2n) is 8.44. The van der Waals surface area contributed by atoms with Crippen molar-refractivity contribution in [2.45, 2.75) is 51.9 Å². The highest BCUT2D eigenvalue weighted by Crippen LogP contribution is 2.38. The van der Waals surface area contributed by atoms with Crippen LogP contribution in [0.15, 0.2) is 30.6 Å². The molecular weight excluding hydrogens is 360 g/mol. The first-order valence-corrected chi connectivity index (χ1v) is 10.6. The van der Waals surface area contributed by atoms with Crippen LogP contribution in [0.25, 0.3) is 22.2 Å². The van der Waals surface area contributed by atoms with E-state index in [9.17, 15) is 4.79 Å². The third kappa shape index (κ3) is 3.39. The Bertz CT molecular complexity index is 1080. The lowest BCUT2D eigenvalue weighted by molar-refractivity contribution is 0.0725. The monoisotopic (exact) mass is 386 g/mol. The summed E-state index contributed by atoms with van der Waals surface area (Å²) in [6.45, 7) is 5.74. The number of hydrogen-bond donors (Lipinski definition) is 0. The Labute approximate surface area is 171 Å². The van der Waals surface area contributed by atoms with Gasteiger partial charge in [-0.25, -0.2) is 15.0 Å². The number of likely N-dealkylation sites (tertiary alicyclic amines) is 1. The van der Waals surface area contributed by atoms with Crippen molar-refractivity contribution < 1.29 is 4.79 Å². The van der Waals surface area contributed by atoms with Gasteiger partial charge in [-0.05, 0) is 63.6 Å². The predicted octanol–water partition coefficient (Wildman–Crippen LogP) is 4.81. The van der Waals surface area contributed by atoms with Gasteiger partial charge in [-0.2, -0.15) is 0 Å². The summed E-state index contributed by atoms with van der Waals surface area (Å²) in [4.78, 5) is 29.6. The van der Waals surface area contributed by atoms with Gasteiger partial charge >= 0.3 is 0 Å². The first kappa shape index (κ1) is 18.2. The molecule has 1 aliphatic heterocycles. The highest BCUT2D eigenvalue weighted by Gasteiger charge is 2.27. The van der Waals surface area contributed by atoms with Crippen molar-refractivity contribution in [1.29, 1.82) is 0 Å². The number of fused-ring (bicyclic) bond motifs is 1. The molecule has 1 aromatic carbocycles. The highest BCUT2D eigenvalue weighted by molar-refractivity contribution is 6.09. The van der Waals surface area contributed by atoms with Crippen molar-refractivity contribution >= 4 is 16.8 Å². The standard InChI is InChI=1S/C24H26N4O/c1-15-6-9-20-19(12-15)21(24(29)28-10-4-3-5-11-28)16(2)22(27-20)18-13-25-23(26-14-18)17-7-8-17/h6,9,12-14,17H,3-5,7-8,10-11H2,1-2H3. The topological polar surface area (TPSA) is 59.0 Å². The van der Waals surface area contributed by atoms with Gasteiger partial charge in [0.1, 0.15) is 5.82 Å². The van der Waals surface area contributed by atoms with E-state index < -0.39 is 0 Å². The minimum Gasteiger partial charge on any atom is -0.339 e. The van der Waals surface area contributed by atoms with E-state index in [1.165, 1.54) is 19.3 Å². The smallest absolute Gasteiger partial charge is 0.254 e. The molecule has 2 aromatic heterocycles. The molecule has 2 aliphatic rings. The van der Waals surface area contributed by atoms with Crippen molar-refractivity contribution in [3.05, 3.63) is 53.1 Å². The van der Waals surface area contributed by atoms with Crippen LogP contribution in [0.5, 0.6) is 0 Å². The molecule has 0 bridgehead atoms. The fourth-order valence-electron chi connectivity index (χ4n) is 4.30. The van der Waals surface area contributed by atoms with Gasteiger partial charge in [0.2, 0.25) is 0 Å². The number of carbonyl (C=O) groups is 1. The Balaban J connectivity index is 1.65. The molecule has 5 heteroatoms. The van der Waals surface area contributed by atoms with E-state index in [1.54, 1.807) is 0 Å². The quantitative estimate of drug-likeness (QED) is 0.648. The summed E-state index contributed by atoms with van der Waals surface area (Å²) >= 11 is 0. The summed E-state index contributed by atoms with van der Waals surface area (Å²) in [7, 11) is 0. The maximum atomic E-state index is 13.5. The largest absolute Gasteiger partial charge is 0.339 e. The predicted molar refractivity (Wildman–Crippen MR) is 114 cm³/mol. The normalized spacial score (nSPS) is 17.0. The molecule has 148 valence electrons. The Morgan fingerprint density at radius 3 is 2.45 bits per heavy atom. The number of aryl methyl sites for hydroxylation is 1. The zero-order valence-corrected chi connectivity index (χ0v) is 17.1. The van der Waals surface area contributed by atoms with E-state index in [4.69, 9.17) is 4.98 Å². The van der Waals surface area contributed by atoms with Crippen LogP contribution >= 0.6 is 0 Å². The molecule has 3 aromatic rings. The number of piperidine rings is 1. The minimum absolute atomic E-state index is 0.122. The summed E-state index contributed by atoms with van der Waals surface area (Å²) < 4.78 is 0. The number of rotatable bonds is 3. The molecule has 1 aliphatic carbocycles. The van der Waals surface area contributed by atoms with Gasteiger partial charge in [0.15, 0.2) is 0 Å². The molecule has 0 spiro atoms. The lowest BCUT2D eigenvalue weighted by Gasteiger charge is -2.28. The van der Waals surface area contributed by atoms with Crippen molar-refractivity contribution in [2.24, 2.45) is 0 Å². The molecule has 1 saturated heterocycles. The number of amides is 1. The summed E-state index contributed by atoms with van der Waals surface area (Å²) in [5.41, 5.74) is 5.37. The first-order chi connectivity index (χ1) is 14.1. The zero-order valence-electron chi connectivity index (χ0n) is 17.1. The number of pyridine rings is 1. The molecule has 5 rings (SSSR count). The average Bonchev–Trinajstić information content (AvgIpc) is 3.59. The fraction of sp³-hybridized carbons (Fsp3) is 0.417. The fourth-order valence-corrected chi connectivity index (χ4v) is 4.30. The summed E-state index contributed by atoms with van der Waals surface area (Å²) in [5.74, 6) is 1.57. The van der Waals surface area contributed by atoms with Crippen LogP contribution in [0.4, 0.5) is 0 Å². The Kier molecular flexibility index (Phi) is 4.53. The number of carbonyl (C=O) groups excluding carboxylic acids is 1. The van der Waals surface area contributed by atoms with Gasteiger partial charge in [0, 0.05) is 42.4 Å². The molecule has 0 N–H and O–H groups in total. The van der Waals surface area contributed by atoms with E-state index in [1.807, 2.05) is 30.3 Å². The number of hydrogen-bond acceptors (Lipinski definition) is 4. The lowest BCUT2D eigenvalue weighted by Crippen LogP contribution is -2.36. The van der Waals surface area contributed by atoms with Gasteiger partial charge < -0.3 is 4.90 Å². The molecule has 0 radical (unpaired) electrons. The van der Waals surface area contributed by atoms with Crippen molar-refractivity contribution in [2.75, 3.05) is 13.1 Å². The van der Waals surface area contributed by atoms with Crippen LogP contribution in [0.3, 0.4) is 0 Å². The molecule has 0 atom stereocenters.